The van der Waals surface area contributed by atoms with Gasteiger partial charge in [0, 0.05) is 31.0 Å². The van der Waals surface area contributed by atoms with E-state index in [0.29, 0.717) is 30.6 Å². The summed E-state index contributed by atoms with van der Waals surface area (Å²) in [6.45, 7) is 3.11. The molecule has 0 saturated carbocycles. The van der Waals surface area contributed by atoms with Crippen LogP contribution in [0.4, 0.5) is 0 Å². The van der Waals surface area contributed by atoms with E-state index in [1.807, 2.05) is 17.9 Å². The lowest BCUT2D eigenvalue weighted by molar-refractivity contribution is -0.129. The third-order valence-electron chi connectivity index (χ3n) is 6.36. The number of rotatable bonds is 6. The molecule has 0 spiro atoms. The number of ketones is 1. The fourth-order valence-electron chi connectivity index (χ4n) is 4.75. The molecule has 7 heteroatoms. The lowest BCUT2D eigenvalue weighted by atomic mass is 9.87. The molecule has 1 atom stereocenters. The summed E-state index contributed by atoms with van der Waals surface area (Å²) in [5, 5.41) is 10.6. The molecular weight excluding hydrogens is 410 g/mol. The second-order valence-electron chi connectivity index (χ2n) is 8.26. The number of nitrogens with zero attached hydrogens (tertiary/aromatic N) is 3. The van der Waals surface area contributed by atoms with Gasteiger partial charge in [0.05, 0.1) is 5.75 Å². The maximum absolute atomic E-state index is 13.5. The molecule has 2 aliphatic rings. The molecule has 2 heterocycles. The van der Waals surface area contributed by atoms with Crippen LogP contribution in [0.25, 0.3) is 10.8 Å². The predicted octanol–water partition coefficient (Wildman–Crippen LogP) is 4.10. The molecule has 1 aromatic heterocycles. The predicted molar refractivity (Wildman–Crippen MR) is 119 cm³/mol. The lowest BCUT2D eigenvalue weighted by Gasteiger charge is -2.32. The van der Waals surface area contributed by atoms with Gasteiger partial charge in [-0.2, -0.15) is 0 Å². The maximum atomic E-state index is 13.5. The summed E-state index contributed by atoms with van der Waals surface area (Å²) in [7, 11) is 0. The van der Waals surface area contributed by atoms with E-state index < -0.39 is 0 Å². The molecule has 1 aliphatic heterocycles. The van der Waals surface area contributed by atoms with Crippen molar-refractivity contribution in [2.75, 3.05) is 18.8 Å². The molecule has 0 bridgehead atoms. The average Bonchev–Trinajstić information content (AvgIpc) is 3.45. The fourth-order valence-corrected chi connectivity index (χ4v) is 5.44. The monoisotopic (exact) mass is 435 g/mol. The third-order valence-corrected chi connectivity index (χ3v) is 7.16. The number of aryl methyl sites for hydroxylation is 3. The van der Waals surface area contributed by atoms with Crippen molar-refractivity contribution in [1.29, 1.82) is 0 Å². The quantitative estimate of drug-likeness (QED) is 0.429. The number of carbonyl (C=O) groups is 2. The van der Waals surface area contributed by atoms with Gasteiger partial charge in [0.15, 0.2) is 5.78 Å². The Morgan fingerprint density at radius 3 is 2.81 bits per heavy atom. The van der Waals surface area contributed by atoms with Crippen molar-refractivity contribution in [2.45, 2.75) is 44.3 Å². The largest absolute Gasteiger partial charge is 0.416 e. The molecule has 1 saturated heterocycles. The molecule has 160 valence electrons. The van der Waals surface area contributed by atoms with E-state index in [4.69, 9.17) is 4.42 Å². The molecule has 5 rings (SSSR count). The zero-order valence-electron chi connectivity index (χ0n) is 17.6. The second-order valence-corrected chi connectivity index (χ2v) is 9.19. The van der Waals surface area contributed by atoms with Crippen molar-refractivity contribution in [3.63, 3.8) is 0 Å². The third kappa shape index (κ3) is 3.87. The standard InChI is InChI=1S/C24H25N3O3S/c1-2-20-25-26-24(30-20)31-14-21(28)27-12-4-6-17(13-27)23(29)19-11-10-16-9-8-15-5-3-7-18(19)22(15)16/h3,5,7,10-11,17H,2,4,6,8-9,12-14H2,1H3/t17-/m0/s1. The average molecular weight is 436 g/mol. The molecule has 0 radical (unpaired) electrons. The first-order chi connectivity index (χ1) is 15.1. The summed E-state index contributed by atoms with van der Waals surface area (Å²) in [5.41, 5.74) is 3.48. The first kappa shape index (κ1) is 20.2. The normalized spacial score (nSPS) is 18.0. The Balaban J connectivity index is 1.29. The molecule has 0 unspecified atom stereocenters. The van der Waals surface area contributed by atoms with Crippen LogP contribution in [-0.2, 0) is 24.1 Å². The zero-order valence-corrected chi connectivity index (χ0v) is 18.4. The van der Waals surface area contributed by atoms with Gasteiger partial charge in [-0.25, -0.2) is 0 Å². The number of hydrogen-bond acceptors (Lipinski definition) is 6. The van der Waals surface area contributed by atoms with Gasteiger partial charge in [0.1, 0.15) is 0 Å². The van der Waals surface area contributed by atoms with Crippen LogP contribution in [-0.4, -0.2) is 45.6 Å². The highest BCUT2D eigenvalue weighted by Gasteiger charge is 2.30. The minimum Gasteiger partial charge on any atom is -0.416 e. The highest BCUT2D eigenvalue weighted by Crippen LogP contribution is 2.34. The van der Waals surface area contributed by atoms with Gasteiger partial charge in [-0.05, 0) is 47.6 Å². The number of carbonyl (C=O) groups excluding carboxylic acids is 2. The summed E-state index contributed by atoms with van der Waals surface area (Å²) in [5.74, 6) is 0.831. The number of Topliss-reactive ketones (excluding diaryl/α,β-unsaturated/α-hetero) is 1. The smallest absolute Gasteiger partial charge is 0.277 e. The summed E-state index contributed by atoms with van der Waals surface area (Å²) >= 11 is 1.26. The Kier molecular flexibility index (Phi) is 5.52. The number of likely N-dealkylation sites (tertiary alicyclic amines) is 1. The number of benzene rings is 2. The number of piperidine rings is 1. The topological polar surface area (TPSA) is 76.3 Å². The molecule has 31 heavy (non-hydrogen) atoms. The summed E-state index contributed by atoms with van der Waals surface area (Å²) in [6, 6.07) is 10.4. The number of hydrogen-bond donors (Lipinski definition) is 0. The van der Waals surface area contributed by atoms with E-state index in [1.165, 1.54) is 28.3 Å². The molecule has 6 nitrogen and oxygen atoms in total. The first-order valence-corrected chi connectivity index (χ1v) is 11.9. The number of amides is 1. The van der Waals surface area contributed by atoms with Crippen LogP contribution in [0.5, 0.6) is 0 Å². The fraction of sp³-hybridized carbons (Fsp3) is 0.417. The van der Waals surface area contributed by atoms with E-state index in [2.05, 4.69) is 34.5 Å². The summed E-state index contributed by atoms with van der Waals surface area (Å²) < 4.78 is 5.47. The minimum atomic E-state index is -0.156. The van der Waals surface area contributed by atoms with Gasteiger partial charge < -0.3 is 9.32 Å². The van der Waals surface area contributed by atoms with Crippen molar-refractivity contribution in [1.82, 2.24) is 15.1 Å². The van der Waals surface area contributed by atoms with Crippen molar-refractivity contribution in [2.24, 2.45) is 5.92 Å². The van der Waals surface area contributed by atoms with Crippen LogP contribution in [0, 0.1) is 5.92 Å². The zero-order chi connectivity index (χ0) is 21.4. The maximum Gasteiger partial charge on any atom is 0.277 e. The second kappa shape index (κ2) is 8.46. The summed E-state index contributed by atoms with van der Waals surface area (Å²) in [4.78, 5) is 28.0. The molecule has 1 aliphatic carbocycles. The SMILES string of the molecule is CCc1nnc(SCC(=O)N2CCC[C@H](C(=O)c3ccc4c5c(cccc35)CC4)C2)o1. The number of thioether (sulfide) groups is 1. The highest BCUT2D eigenvalue weighted by molar-refractivity contribution is 7.99. The Labute approximate surface area is 185 Å². The Morgan fingerprint density at radius 2 is 2.00 bits per heavy atom. The van der Waals surface area contributed by atoms with Crippen molar-refractivity contribution in [3.05, 3.63) is 52.9 Å². The van der Waals surface area contributed by atoms with Crippen LogP contribution in [0.3, 0.4) is 0 Å². The van der Waals surface area contributed by atoms with Crippen LogP contribution in [0.1, 0.15) is 47.1 Å². The van der Waals surface area contributed by atoms with E-state index in [-0.39, 0.29) is 23.4 Å². The lowest BCUT2D eigenvalue weighted by Crippen LogP contribution is -2.43. The number of aromatic nitrogens is 2. The molecule has 1 amide bonds. The van der Waals surface area contributed by atoms with Crippen molar-refractivity contribution in [3.8, 4) is 0 Å². The molecule has 0 N–H and O–H groups in total. The molecule has 3 aromatic rings. The van der Waals surface area contributed by atoms with Gasteiger partial charge >= 0.3 is 0 Å². The van der Waals surface area contributed by atoms with Gasteiger partial charge in [-0.15, -0.1) is 10.2 Å². The highest BCUT2D eigenvalue weighted by atomic mass is 32.2. The van der Waals surface area contributed by atoms with Gasteiger partial charge in [0.2, 0.25) is 11.8 Å². The van der Waals surface area contributed by atoms with E-state index in [0.717, 1.165) is 36.6 Å². The van der Waals surface area contributed by atoms with E-state index in [9.17, 15) is 9.59 Å². The molecule has 1 fully saturated rings. The van der Waals surface area contributed by atoms with E-state index in [1.54, 1.807) is 0 Å². The van der Waals surface area contributed by atoms with Crippen LogP contribution >= 0.6 is 11.8 Å². The van der Waals surface area contributed by atoms with Crippen molar-refractivity contribution >= 4 is 34.2 Å². The van der Waals surface area contributed by atoms with Gasteiger partial charge in [-0.3, -0.25) is 9.59 Å². The van der Waals surface area contributed by atoms with Crippen LogP contribution in [0.2, 0.25) is 0 Å². The first-order valence-electron chi connectivity index (χ1n) is 10.9. The van der Waals surface area contributed by atoms with Crippen LogP contribution < -0.4 is 0 Å². The Hall–Kier alpha value is -2.67. The molecular formula is C24H25N3O3S. The molecule has 2 aromatic carbocycles. The Morgan fingerprint density at radius 1 is 1.16 bits per heavy atom. The van der Waals surface area contributed by atoms with E-state index >= 15 is 0 Å². The van der Waals surface area contributed by atoms with Crippen molar-refractivity contribution < 1.29 is 14.0 Å². The Bertz CT molecular complexity index is 1150. The minimum absolute atomic E-state index is 0.0131. The van der Waals surface area contributed by atoms with Gasteiger partial charge in [0.25, 0.3) is 5.22 Å². The summed E-state index contributed by atoms with van der Waals surface area (Å²) in [6.07, 6.45) is 4.44. The van der Waals surface area contributed by atoms with Gasteiger partial charge in [-0.1, -0.05) is 49.0 Å². The van der Waals surface area contributed by atoms with Crippen LogP contribution in [0.15, 0.2) is 40.0 Å².